The van der Waals surface area contributed by atoms with E-state index < -0.39 is 18.0 Å². The number of aliphatic hydroxyl groups is 1. The number of carbonyl (C=O) groups excluding carboxylic acids is 1. The normalized spacial score (nSPS) is 27.5. The average molecular weight is 357 g/mol. The zero-order chi connectivity index (χ0) is 18.0. The number of amides is 1. The van der Waals surface area contributed by atoms with Crippen LogP contribution in [0.15, 0.2) is 10.6 Å². The summed E-state index contributed by atoms with van der Waals surface area (Å²) in [5.74, 6) is -1.17. The Labute approximate surface area is 146 Å². The number of nitrogens with two attached hydrogens (primary N) is 1. The fourth-order valence-electron chi connectivity index (χ4n) is 3.52. The number of β-lactam (4-membered cyclic amide) rings is 1. The van der Waals surface area contributed by atoms with Crippen molar-refractivity contribution in [3.8, 4) is 0 Å². The number of aliphatic carboxylic acids is 1. The molecule has 4 N–H and O–H groups in total. The molecule has 1 amide bonds. The van der Waals surface area contributed by atoms with E-state index in [0.717, 1.165) is 30.0 Å². The number of carboxylic acid groups (broad SMARTS) is 1. The van der Waals surface area contributed by atoms with E-state index in [0.29, 0.717) is 6.54 Å². The summed E-state index contributed by atoms with van der Waals surface area (Å²) in [6.45, 7) is 2.94. The lowest BCUT2D eigenvalue weighted by Crippen LogP contribution is -2.63. The Morgan fingerprint density at radius 2 is 2.12 bits per heavy atom. The Balaban J connectivity index is 2.29. The maximum Gasteiger partial charge on any atom is 0.353 e. The van der Waals surface area contributed by atoms with Gasteiger partial charge in [0.15, 0.2) is 0 Å². The van der Waals surface area contributed by atoms with Crippen molar-refractivity contribution < 1.29 is 19.8 Å². The Hall–Kier alpha value is -1.09. The SMILES string of the molecule is C[C@@H](O)[C@H]1C(=O)N2C(C(=O)O)=C(SCCN(C)C)[C@H](CCCN)[C@H]12. The van der Waals surface area contributed by atoms with Crippen LogP contribution < -0.4 is 5.73 Å². The first-order chi connectivity index (χ1) is 11.3. The second kappa shape index (κ2) is 7.86. The Morgan fingerprint density at radius 1 is 1.46 bits per heavy atom. The van der Waals surface area contributed by atoms with E-state index in [4.69, 9.17) is 5.73 Å². The topological polar surface area (TPSA) is 107 Å². The molecular formula is C16H27N3O4S. The van der Waals surface area contributed by atoms with Gasteiger partial charge in [0.2, 0.25) is 5.91 Å². The van der Waals surface area contributed by atoms with Crippen molar-refractivity contribution in [2.24, 2.45) is 17.6 Å². The molecule has 2 aliphatic heterocycles. The molecule has 0 saturated carbocycles. The predicted molar refractivity (Wildman–Crippen MR) is 93.3 cm³/mol. The molecule has 2 heterocycles. The molecule has 7 nitrogen and oxygen atoms in total. The van der Waals surface area contributed by atoms with Crippen LogP contribution in [0.3, 0.4) is 0 Å². The largest absolute Gasteiger partial charge is 0.477 e. The van der Waals surface area contributed by atoms with Crippen molar-refractivity contribution in [1.29, 1.82) is 0 Å². The van der Waals surface area contributed by atoms with Crippen LogP contribution in [0.4, 0.5) is 0 Å². The molecule has 24 heavy (non-hydrogen) atoms. The van der Waals surface area contributed by atoms with Crippen molar-refractivity contribution >= 4 is 23.6 Å². The molecule has 4 atom stereocenters. The number of thioether (sulfide) groups is 1. The molecule has 0 radical (unpaired) electrons. The van der Waals surface area contributed by atoms with E-state index in [1.807, 2.05) is 19.0 Å². The Morgan fingerprint density at radius 3 is 2.62 bits per heavy atom. The maximum absolute atomic E-state index is 12.4. The highest BCUT2D eigenvalue weighted by molar-refractivity contribution is 8.03. The number of carbonyl (C=O) groups is 2. The van der Waals surface area contributed by atoms with Crippen LogP contribution in [0.5, 0.6) is 0 Å². The van der Waals surface area contributed by atoms with Gasteiger partial charge in [0.05, 0.1) is 18.1 Å². The number of nitrogens with zero attached hydrogens (tertiary/aromatic N) is 2. The summed E-state index contributed by atoms with van der Waals surface area (Å²) in [6, 6.07) is -0.253. The van der Waals surface area contributed by atoms with Gasteiger partial charge in [-0.1, -0.05) is 0 Å². The quantitative estimate of drug-likeness (QED) is 0.504. The number of rotatable bonds is 9. The lowest BCUT2D eigenvalue weighted by molar-refractivity contribution is -0.163. The van der Waals surface area contributed by atoms with Crippen molar-refractivity contribution in [2.75, 3.05) is 32.9 Å². The first-order valence-electron chi connectivity index (χ1n) is 8.27. The van der Waals surface area contributed by atoms with Crippen molar-refractivity contribution in [2.45, 2.75) is 31.9 Å². The highest BCUT2D eigenvalue weighted by Crippen LogP contribution is 2.52. The van der Waals surface area contributed by atoms with E-state index in [1.54, 1.807) is 6.92 Å². The van der Waals surface area contributed by atoms with Gasteiger partial charge in [0, 0.05) is 23.1 Å². The molecule has 0 aromatic carbocycles. The highest BCUT2D eigenvalue weighted by Gasteiger charge is 2.60. The monoisotopic (exact) mass is 357 g/mol. The average Bonchev–Trinajstić information content (AvgIpc) is 2.75. The summed E-state index contributed by atoms with van der Waals surface area (Å²) < 4.78 is 0. The zero-order valence-electron chi connectivity index (χ0n) is 14.4. The van der Waals surface area contributed by atoms with Gasteiger partial charge < -0.3 is 25.7 Å². The molecule has 2 rings (SSSR count). The molecule has 8 heteroatoms. The molecule has 1 saturated heterocycles. The van der Waals surface area contributed by atoms with Gasteiger partial charge in [-0.3, -0.25) is 4.79 Å². The standard InChI is InChI=1S/C16H27N3O4S/c1-9(20)11-12-10(5-4-6-17)14(24-8-7-18(2)3)13(16(22)23)19(12)15(11)21/h9-12,20H,4-8,17H2,1-3H3,(H,22,23)/t9-,10-,11-,12-/m1/s1. The van der Waals surface area contributed by atoms with Gasteiger partial charge in [-0.25, -0.2) is 4.79 Å². The van der Waals surface area contributed by atoms with Gasteiger partial charge in [0.1, 0.15) is 5.70 Å². The fourth-order valence-corrected chi connectivity index (χ4v) is 4.99. The first-order valence-corrected chi connectivity index (χ1v) is 9.26. The molecule has 0 aromatic heterocycles. The third-order valence-electron chi connectivity index (χ3n) is 4.65. The third kappa shape index (κ3) is 3.46. The number of fused-ring (bicyclic) bond motifs is 1. The second-order valence-electron chi connectivity index (χ2n) is 6.67. The van der Waals surface area contributed by atoms with Gasteiger partial charge >= 0.3 is 5.97 Å². The molecule has 0 unspecified atom stereocenters. The number of hydrogen-bond acceptors (Lipinski definition) is 6. The van der Waals surface area contributed by atoms with Crippen LogP contribution in [0.25, 0.3) is 0 Å². The van der Waals surface area contributed by atoms with Gasteiger partial charge in [-0.05, 0) is 40.4 Å². The number of hydrogen-bond donors (Lipinski definition) is 3. The van der Waals surface area contributed by atoms with E-state index in [9.17, 15) is 19.8 Å². The number of aliphatic hydroxyl groups excluding tert-OH is 1. The third-order valence-corrected chi connectivity index (χ3v) is 5.84. The number of carboxylic acids is 1. The molecule has 2 aliphatic rings. The minimum Gasteiger partial charge on any atom is -0.477 e. The van der Waals surface area contributed by atoms with Crippen LogP contribution in [-0.2, 0) is 9.59 Å². The molecule has 1 fully saturated rings. The molecule has 0 spiro atoms. The van der Waals surface area contributed by atoms with Crippen LogP contribution >= 0.6 is 11.8 Å². The molecule has 0 aliphatic carbocycles. The lowest BCUT2D eigenvalue weighted by Gasteiger charge is -2.47. The minimum absolute atomic E-state index is 0.0517. The summed E-state index contributed by atoms with van der Waals surface area (Å²) in [5, 5.41) is 19.6. The van der Waals surface area contributed by atoms with Crippen molar-refractivity contribution in [1.82, 2.24) is 9.80 Å². The predicted octanol–water partition coefficient (Wildman–Crippen LogP) is 0.154. The lowest BCUT2D eigenvalue weighted by atomic mass is 9.77. The minimum atomic E-state index is -1.07. The van der Waals surface area contributed by atoms with E-state index in [2.05, 4.69) is 0 Å². The van der Waals surface area contributed by atoms with Crippen molar-refractivity contribution in [3.05, 3.63) is 10.6 Å². The Bertz CT molecular complexity index is 535. The summed E-state index contributed by atoms with van der Waals surface area (Å²) in [6.07, 6.45) is 0.718. The van der Waals surface area contributed by atoms with Crippen LogP contribution in [0.2, 0.25) is 0 Å². The Kier molecular flexibility index (Phi) is 6.30. The van der Waals surface area contributed by atoms with Gasteiger partial charge in [-0.2, -0.15) is 0 Å². The van der Waals surface area contributed by atoms with E-state index >= 15 is 0 Å². The summed E-state index contributed by atoms with van der Waals surface area (Å²) in [4.78, 5) is 28.3. The van der Waals surface area contributed by atoms with Gasteiger partial charge in [-0.15, -0.1) is 11.8 Å². The fraction of sp³-hybridized carbons (Fsp3) is 0.750. The van der Waals surface area contributed by atoms with E-state index in [1.165, 1.54) is 16.7 Å². The van der Waals surface area contributed by atoms with E-state index in [-0.39, 0.29) is 23.6 Å². The van der Waals surface area contributed by atoms with Crippen LogP contribution in [0, 0.1) is 11.8 Å². The highest BCUT2D eigenvalue weighted by atomic mass is 32.2. The summed E-state index contributed by atoms with van der Waals surface area (Å²) in [5.41, 5.74) is 5.73. The first kappa shape index (κ1) is 19.2. The van der Waals surface area contributed by atoms with Gasteiger partial charge in [0.25, 0.3) is 0 Å². The van der Waals surface area contributed by atoms with Crippen molar-refractivity contribution in [3.63, 3.8) is 0 Å². The smallest absolute Gasteiger partial charge is 0.353 e. The maximum atomic E-state index is 12.4. The molecule has 136 valence electrons. The summed E-state index contributed by atoms with van der Waals surface area (Å²) >= 11 is 1.51. The van der Waals surface area contributed by atoms with Crippen LogP contribution in [-0.4, -0.2) is 77.0 Å². The molecule has 0 aromatic rings. The van der Waals surface area contributed by atoms with Crippen LogP contribution in [0.1, 0.15) is 19.8 Å². The zero-order valence-corrected chi connectivity index (χ0v) is 15.3. The molecular weight excluding hydrogens is 330 g/mol. The second-order valence-corrected chi connectivity index (χ2v) is 7.81. The summed E-state index contributed by atoms with van der Waals surface area (Å²) in [7, 11) is 3.93. The molecule has 0 bridgehead atoms.